The van der Waals surface area contributed by atoms with Gasteiger partial charge in [0.1, 0.15) is 17.2 Å². The quantitative estimate of drug-likeness (QED) is 0.591. The first-order valence-corrected chi connectivity index (χ1v) is 6.09. The van der Waals surface area contributed by atoms with Gasteiger partial charge in [0, 0.05) is 6.07 Å². The van der Waals surface area contributed by atoms with E-state index in [1.165, 1.54) is 18.3 Å². The van der Waals surface area contributed by atoms with Crippen molar-refractivity contribution < 1.29 is 19.7 Å². The molecule has 21 heavy (non-hydrogen) atoms. The van der Waals surface area contributed by atoms with Crippen molar-refractivity contribution in [3.8, 4) is 17.2 Å². The molecule has 108 valence electrons. The van der Waals surface area contributed by atoms with Crippen LogP contribution in [0.1, 0.15) is 15.9 Å². The van der Waals surface area contributed by atoms with Gasteiger partial charge in [-0.25, -0.2) is 5.43 Å². The molecule has 0 saturated heterocycles. The summed E-state index contributed by atoms with van der Waals surface area (Å²) in [4.78, 5) is 11.8. The van der Waals surface area contributed by atoms with Gasteiger partial charge in [-0.3, -0.25) is 4.79 Å². The van der Waals surface area contributed by atoms with Crippen LogP contribution in [0.3, 0.4) is 0 Å². The van der Waals surface area contributed by atoms with Gasteiger partial charge in [0.05, 0.1) is 18.9 Å². The van der Waals surface area contributed by atoms with Crippen molar-refractivity contribution in [1.29, 1.82) is 0 Å². The number of amides is 1. The smallest absolute Gasteiger partial charge is 0.275 e. The molecule has 0 aliphatic heterocycles. The van der Waals surface area contributed by atoms with Gasteiger partial charge in [0.2, 0.25) is 0 Å². The summed E-state index contributed by atoms with van der Waals surface area (Å²) >= 11 is 0. The van der Waals surface area contributed by atoms with Gasteiger partial charge in [-0.15, -0.1) is 0 Å². The lowest BCUT2D eigenvalue weighted by atomic mass is 10.2. The standard InChI is InChI=1S/C15H14N2O4/c1-21-12-5-2-10(3-6-12)9-16-17-15(20)13-7-4-11(18)8-14(13)19/h2-9,18-19H,1H3,(H,17,20)/b16-9-. The zero-order chi connectivity index (χ0) is 15.2. The van der Waals surface area contributed by atoms with Gasteiger partial charge in [0.15, 0.2) is 0 Å². The maximum atomic E-state index is 11.8. The number of aromatic hydroxyl groups is 2. The number of carbonyl (C=O) groups is 1. The van der Waals surface area contributed by atoms with E-state index in [1.807, 2.05) is 0 Å². The number of hydrogen-bond donors (Lipinski definition) is 3. The Morgan fingerprint density at radius 2 is 1.90 bits per heavy atom. The Balaban J connectivity index is 2.01. The fourth-order valence-electron chi connectivity index (χ4n) is 1.63. The Kier molecular flexibility index (Phi) is 4.40. The van der Waals surface area contributed by atoms with Crippen molar-refractivity contribution >= 4 is 12.1 Å². The van der Waals surface area contributed by atoms with Crippen LogP contribution in [0.4, 0.5) is 0 Å². The first-order chi connectivity index (χ1) is 10.1. The minimum absolute atomic E-state index is 0.0275. The second-order valence-corrected chi connectivity index (χ2v) is 4.17. The van der Waals surface area contributed by atoms with E-state index < -0.39 is 5.91 Å². The average molecular weight is 286 g/mol. The van der Waals surface area contributed by atoms with E-state index in [4.69, 9.17) is 9.84 Å². The number of phenols is 2. The Labute approximate surface area is 121 Å². The lowest BCUT2D eigenvalue weighted by Gasteiger charge is -2.03. The van der Waals surface area contributed by atoms with Crippen molar-refractivity contribution in [3.63, 3.8) is 0 Å². The van der Waals surface area contributed by atoms with Crippen molar-refractivity contribution in [1.82, 2.24) is 5.43 Å². The zero-order valence-electron chi connectivity index (χ0n) is 11.3. The lowest BCUT2D eigenvalue weighted by molar-refractivity contribution is 0.0952. The highest BCUT2D eigenvalue weighted by molar-refractivity contribution is 5.97. The summed E-state index contributed by atoms with van der Waals surface area (Å²) in [6.45, 7) is 0. The first-order valence-electron chi connectivity index (χ1n) is 6.09. The maximum Gasteiger partial charge on any atom is 0.275 e. The molecule has 0 radical (unpaired) electrons. The Morgan fingerprint density at radius 1 is 1.19 bits per heavy atom. The molecule has 2 rings (SSSR count). The zero-order valence-corrected chi connectivity index (χ0v) is 11.3. The van der Waals surface area contributed by atoms with Crippen LogP contribution in [0.5, 0.6) is 17.2 Å². The molecule has 2 aromatic carbocycles. The number of benzene rings is 2. The van der Waals surface area contributed by atoms with Crippen LogP contribution in [0.25, 0.3) is 0 Å². The van der Waals surface area contributed by atoms with Crippen molar-refractivity contribution in [2.45, 2.75) is 0 Å². The van der Waals surface area contributed by atoms with E-state index in [1.54, 1.807) is 31.4 Å². The van der Waals surface area contributed by atoms with Gasteiger partial charge < -0.3 is 14.9 Å². The number of methoxy groups -OCH3 is 1. The lowest BCUT2D eigenvalue weighted by Crippen LogP contribution is -2.17. The third-order valence-corrected chi connectivity index (χ3v) is 2.72. The monoisotopic (exact) mass is 286 g/mol. The number of nitrogens with zero attached hydrogens (tertiary/aromatic N) is 1. The highest BCUT2D eigenvalue weighted by Gasteiger charge is 2.10. The van der Waals surface area contributed by atoms with Crippen molar-refractivity contribution in [2.75, 3.05) is 7.11 Å². The molecule has 0 aliphatic carbocycles. The average Bonchev–Trinajstić information content (AvgIpc) is 2.47. The molecule has 2 aromatic rings. The molecule has 0 aliphatic rings. The van der Waals surface area contributed by atoms with Crippen LogP contribution in [0.15, 0.2) is 47.6 Å². The maximum absolute atomic E-state index is 11.8. The summed E-state index contributed by atoms with van der Waals surface area (Å²) in [5, 5.41) is 22.5. The highest BCUT2D eigenvalue weighted by atomic mass is 16.5. The fraction of sp³-hybridized carbons (Fsp3) is 0.0667. The number of ether oxygens (including phenoxy) is 1. The minimum atomic E-state index is -0.572. The molecule has 0 bridgehead atoms. The minimum Gasteiger partial charge on any atom is -0.508 e. The second kappa shape index (κ2) is 6.42. The first kappa shape index (κ1) is 14.4. The normalized spacial score (nSPS) is 10.5. The molecule has 0 aromatic heterocycles. The molecule has 0 atom stereocenters. The molecule has 0 saturated carbocycles. The number of hydrogen-bond acceptors (Lipinski definition) is 5. The molecule has 0 fully saturated rings. The predicted octanol–water partition coefficient (Wildman–Crippen LogP) is 1.87. The summed E-state index contributed by atoms with van der Waals surface area (Å²) in [6.07, 6.45) is 1.47. The van der Waals surface area contributed by atoms with Crippen LogP contribution in [-0.4, -0.2) is 29.4 Å². The van der Waals surface area contributed by atoms with Gasteiger partial charge in [-0.1, -0.05) is 0 Å². The summed E-state index contributed by atoms with van der Waals surface area (Å²) < 4.78 is 5.03. The van der Waals surface area contributed by atoms with E-state index >= 15 is 0 Å². The number of nitrogens with one attached hydrogen (secondary N) is 1. The van der Waals surface area contributed by atoms with Crippen molar-refractivity contribution in [2.24, 2.45) is 5.10 Å². The third kappa shape index (κ3) is 3.73. The summed E-state index contributed by atoms with van der Waals surface area (Å²) in [7, 11) is 1.58. The van der Waals surface area contributed by atoms with Gasteiger partial charge in [-0.2, -0.15) is 5.10 Å². The molecular formula is C15H14N2O4. The summed E-state index contributed by atoms with van der Waals surface area (Å²) in [6, 6.07) is 10.8. The number of carbonyl (C=O) groups excluding carboxylic acids is 1. The van der Waals surface area contributed by atoms with E-state index in [-0.39, 0.29) is 17.1 Å². The molecule has 0 spiro atoms. The molecule has 6 nitrogen and oxygen atoms in total. The van der Waals surface area contributed by atoms with Gasteiger partial charge >= 0.3 is 0 Å². The Bertz CT molecular complexity index is 666. The molecular weight excluding hydrogens is 272 g/mol. The van der Waals surface area contributed by atoms with Crippen molar-refractivity contribution in [3.05, 3.63) is 53.6 Å². The van der Waals surface area contributed by atoms with Gasteiger partial charge in [-0.05, 0) is 42.0 Å². The SMILES string of the molecule is COc1ccc(/C=N\NC(=O)c2ccc(O)cc2O)cc1. The topological polar surface area (TPSA) is 91.2 Å². The van der Waals surface area contributed by atoms with E-state index in [9.17, 15) is 9.90 Å². The molecule has 1 amide bonds. The summed E-state index contributed by atoms with van der Waals surface area (Å²) in [5.41, 5.74) is 3.10. The van der Waals surface area contributed by atoms with Crippen LogP contribution >= 0.6 is 0 Å². The van der Waals surface area contributed by atoms with Crippen LogP contribution in [0, 0.1) is 0 Å². The second-order valence-electron chi connectivity index (χ2n) is 4.17. The van der Waals surface area contributed by atoms with Crippen LogP contribution < -0.4 is 10.2 Å². The highest BCUT2D eigenvalue weighted by Crippen LogP contribution is 2.22. The van der Waals surface area contributed by atoms with E-state index in [0.29, 0.717) is 0 Å². The number of phenolic OH excluding ortho intramolecular Hbond substituents is 2. The largest absolute Gasteiger partial charge is 0.508 e. The predicted molar refractivity (Wildman–Crippen MR) is 77.8 cm³/mol. The van der Waals surface area contributed by atoms with E-state index in [2.05, 4.69) is 10.5 Å². The fourth-order valence-corrected chi connectivity index (χ4v) is 1.63. The van der Waals surface area contributed by atoms with Crippen LogP contribution in [-0.2, 0) is 0 Å². The molecule has 6 heteroatoms. The van der Waals surface area contributed by atoms with Crippen LogP contribution in [0.2, 0.25) is 0 Å². The molecule has 3 N–H and O–H groups in total. The van der Waals surface area contributed by atoms with E-state index in [0.717, 1.165) is 17.4 Å². The summed E-state index contributed by atoms with van der Waals surface area (Å²) in [5.74, 6) is -0.277. The third-order valence-electron chi connectivity index (χ3n) is 2.72. The number of hydrazone groups is 1. The molecule has 0 unspecified atom stereocenters. The Hall–Kier alpha value is -3.02. The number of rotatable bonds is 4. The molecule has 0 heterocycles. The van der Waals surface area contributed by atoms with Gasteiger partial charge in [0.25, 0.3) is 5.91 Å². The Morgan fingerprint density at radius 3 is 2.52 bits per heavy atom.